The van der Waals surface area contributed by atoms with Gasteiger partial charge in [-0.2, -0.15) is 11.8 Å². The second kappa shape index (κ2) is 13.8. The minimum Gasteiger partial charge on any atom is -0.507 e. The number of carbonyl (C=O) groups is 2. The van der Waals surface area contributed by atoms with Crippen molar-refractivity contribution < 1.29 is 19.6 Å². The summed E-state index contributed by atoms with van der Waals surface area (Å²) in [6.07, 6.45) is 9.44. The molecule has 0 aliphatic heterocycles. The predicted octanol–water partition coefficient (Wildman–Crippen LogP) is 4.48. The summed E-state index contributed by atoms with van der Waals surface area (Å²) >= 11 is 1.76. The number of phenolic OH excluding ortho intramolecular Hbond substituents is 1. The number of nitro groups is 1. The van der Waals surface area contributed by atoms with Crippen molar-refractivity contribution in [2.75, 3.05) is 12.3 Å². The number of benzene rings is 2. The van der Waals surface area contributed by atoms with Gasteiger partial charge < -0.3 is 20.7 Å². The van der Waals surface area contributed by atoms with E-state index in [0.717, 1.165) is 11.3 Å². The van der Waals surface area contributed by atoms with E-state index in [1.54, 1.807) is 36.0 Å². The predicted molar refractivity (Wildman–Crippen MR) is 150 cm³/mol. The van der Waals surface area contributed by atoms with E-state index in [1.165, 1.54) is 68.9 Å². The average Bonchev–Trinajstić information content (AvgIpc) is 3.50. The van der Waals surface area contributed by atoms with Crippen LogP contribution in [0.4, 0.5) is 5.69 Å². The Labute approximate surface area is 231 Å². The van der Waals surface area contributed by atoms with Gasteiger partial charge in [-0.1, -0.05) is 43.5 Å². The van der Waals surface area contributed by atoms with Crippen LogP contribution in [0.3, 0.4) is 0 Å². The molecule has 1 saturated carbocycles. The lowest BCUT2D eigenvalue weighted by Gasteiger charge is -2.30. The minimum atomic E-state index is -0.473. The van der Waals surface area contributed by atoms with Gasteiger partial charge in [0.1, 0.15) is 11.4 Å². The molecular weight excluding hydrogens is 518 g/mol. The molecule has 1 heterocycles. The summed E-state index contributed by atoms with van der Waals surface area (Å²) in [5, 5.41) is 27.1. The highest BCUT2D eigenvalue weighted by Gasteiger charge is 2.28. The second-order valence-corrected chi connectivity index (χ2v) is 11.0. The molecule has 1 aliphatic rings. The lowest BCUT2D eigenvalue weighted by molar-refractivity contribution is -0.384. The molecule has 4 rings (SSSR count). The Kier molecular flexibility index (Phi) is 9.96. The summed E-state index contributed by atoms with van der Waals surface area (Å²) < 4.78 is 0. The number of aromatic amines is 1. The molecule has 1 fully saturated rings. The third-order valence-electron chi connectivity index (χ3n) is 6.99. The first kappa shape index (κ1) is 28.2. The van der Waals surface area contributed by atoms with Crippen LogP contribution in [-0.2, 0) is 6.42 Å². The van der Waals surface area contributed by atoms with Crippen LogP contribution in [0.2, 0.25) is 0 Å². The van der Waals surface area contributed by atoms with Gasteiger partial charge in [-0.15, -0.1) is 0 Å². The van der Waals surface area contributed by atoms with Crippen molar-refractivity contribution in [1.29, 1.82) is 0 Å². The number of rotatable bonds is 12. The van der Waals surface area contributed by atoms with Crippen LogP contribution in [0.15, 0.2) is 61.1 Å². The fraction of sp³-hybridized carbons (Fsp3) is 0.393. The molecule has 4 N–H and O–H groups in total. The summed E-state index contributed by atoms with van der Waals surface area (Å²) in [4.78, 5) is 43.4. The van der Waals surface area contributed by atoms with Crippen molar-refractivity contribution in [1.82, 2.24) is 20.6 Å². The van der Waals surface area contributed by atoms with Crippen molar-refractivity contribution in [2.24, 2.45) is 5.92 Å². The molecule has 1 aromatic heterocycles. The van der Waals surface area contributed by atoms with E-state index in [9.17, 15) is 24.8 Å². The van der Waals surface area contributed by atoms with E-state index in [1.807, 2.05) is 0 Å². The van der Waals surface area contributed by atoms with Gasteiger partial charge in [0.25, 0.3) is 17.5 Å². The van der Waals surface area contributed by atoms with Crippen LogP contribution in [0.1, 0.15) is 58.5 Å². The van der Waals surface area contributed by atoms with Crippen LogP contribution in [0.5, 0.6) is 5.75 Å². The summed E-state index contributed by atoms with van der Waals surface area (Å²) in [5.74, 6) is 0.591. The molecule has 3 aromatic rings. The first-order valence-corrected chi connectivity index (χ1v) is 14.2. The number of thioether (sulfide) groups is 1. The van der Waals surface area contributed by atoms with Gasteiger partial charge in [-0.25, -0.2) is 4.98 Å². The molecule has 0 spiro atoms. The number of hydrogen-bond acceptors (Lipinski definition) is 7. The number of aromatic hydroxyl groups is 1. The number of H-pyrrole nitrogens is 1. The molecule has 2 aromatic carbocycles. The quantitative estimate of drug-likeness (QED) is 0.191. The fourth-order valence-electron chi connectivity index (χ4n) is 4.78. The fourth-order valence-corrected chi connectivity index (χ4v) is 6.34. The number of para-hydroxylation sites is 1. The first-order valence-electron chi connectivity index (χ1n) is 13.1. The third kappa shape index (κ3) is 8.06. The van der Waals surface area contributed by atoms with E-state index in [-0.39, 0.29) is 34.7 Å². The maximum atomic E-state index is 13.0. The molecule has 2 amide bonds. The summed E-state index contributed by atoms with van der Waals surface area (Å²) in [7, 11) is 0. The number of carbonyl (C=O) groups excluding carboxylic acids is 2. The van der Waals surface area contributed by atoms with E-state index >= 15 is 0 Å². The molecule has 206 valence electrons. The normalized spacial score (nSPS) is 15.3. The zero-order valence-corrected chi connectivity index (χ0v) is 22.4. The zero-order chi connectivity index (χ0) is 27.6. The number of aromatic nitrogens is 2. The van der Waals surface area contributed by atoms with Gasteiger partial charge in [-0.05, 0) is 48.6 Å². The standard InChI is InChI=1S/C28H33N5O5S/c34-25-9-5-4-8-22(25)27(35)30-16-23(32-28(36)24-15-29-18-31-24)26(39-17-20-6-2-1-3-7-20)14-19-10-12-21(13-11-19)33(37)38/h4-5,8-13,15,18,20,23,26,34H,1-3,6-7,14,16-17H2,(H,29,31)(H,30,35)(H,32,36). The topological polar surface area (TPSA) is 150 Å². The lowest BCUT2D eigenvalue weighted by atomic mass is 9.91. The lowest BCUT2D eigenvalue weighted by Crippen LogP contribution is -2.50. The van der Waals surface area contributed by atoms with Crippen LogP contribution >= 0.6 is 11.8 Å². The Morgan fingerprint density at radius 1 is 1.10 bits per heavy atom. The third-order valence-corrected chi connectivity index (χ3v) is 8.58. The first-order chi connectivity index (χ1) is 18.9. The van der Waals surface area contributed by atoms with Crippen LogP contribution in [0.25, 0.3) is 0 Å². The largest absolute Gasteiger partial charge is 0.507 e. The highest BCUT2D eigenvalue weighted by molar-refractivity contribution is 7.99. The number of amides is 2. The SMILES string of the molecule is O=C(NC(CNC(=O)c1ccccc1O)C(Cc1ccc([N+](=O)[O-])cc1)SCC1CCCCC1)c1cnc[nH]1. The van der Waals surface area contributed by atoms with Crippen molar-refractivity contribution in [2.45, 2.75) is 49.8 Å². The number of non-ortho nitro benzene ring substituents is 1. The average molecular weight is 552 g/mol. The van der Waals surface area contributed by atoms with Crippen molar-refractivity contribution in [3.8, 4) is 5.75 Å². The van der Waals surface area contributed by atoms with E-state index in [0.29, 0.717) is 18.0 Å². The molecule has 39 heavy (non-hydrogen) atoms. The van der Waals surface area contributed by atoms with Gasteiger partial charge in [-0.3, -0.25) is 19.7 Å². The molecule has 0 radical (unpaired) electrons. The summed E-state index contributed by atoms with van der Waals surface area (Å²) in [6.45, 7) is 0.127. The molecule has 2 unspecified atom stereocenters. The highest BCUT2D eigenvalue weighted by Crippen LogP contribution is 2.31. The molecule has 0 saturated heterocycles. The van der Waals surface area contributed by atoms with Gasteiger partial charge >= 0.3 is 0 Å². The molecule has 10 nitrogen and oxygen atoms in total. The molecule has 11 heteroatoms. The van der Waals surface area contributed by atoms with Crippen molar-refractivity contribution >= 4 is 29.3 Å². The monoisotopic (exact) mass is 551 g/mol. The number of nitro benzene ring substituents is 1. The number of nitrogens with one attached hydrogen (secondary N) is 3. The Morgan fingerprint density at radius 2 is 1.85 bits per heavy atom. The van der Waals surface area contributed by atoms with Gasteiger partial charge in [0, 0.05) is 23.9 Å². The zero-order valence-electron chi connectivity index (χ0n) is 21.5. The maximum absolute atomic E-state index is 13.0. The molecular formula is C28H33N5O5S. The number of imidazole rings is 1. The van der Waals surface area contributed by atoms with Crippen molar-refractivity contribution in [3.63, 3.8) is 0 Å². The summed E-state index contributed by atoms with van der Waals surface area (Å²) in [6, 6.07) is 12.3. The minimum absolute atomic E-state index is 0.0178. The van der Waals surface area contributed by atoms with Crippen LogP contribution < -0.4 is 10.6 Å². The molecule has 1 aliphatic carbocycles. The Balaban J connectivity index is 1.56. The van der Waals surface area contributed by atoms with E-state index in [4.69, 9.17) is 0 Å². The maximum Gasteiger partial charge on any atom is 0.269 e. The Morgan fingerprint density at radius 3 is 2.51 bits per heavy atom. The van der Waals surface area contributed by atoms with E-state index < -0.39 is 16.9 Å². The van der Waals surface area contributed by atoms with Crippen LogP contribution in [-0.4, -0.2) is 55.4 Å². The van der Waals surface area contributed by atoms with Crippen molar-refractivity contribution in [3.05, 3.63) is 88.0 Å². The molecule has 0 bridgehead atoms. The van der Waals surface area contributed by atoms with E-state index in [2.05, 4.69) is 20.6 Å². The number of hydrogen-bond donors (Lipinski definition) is 4. The Bertz CT molecular complexity index is 1250. The van der Waals surface area contributed by atoms with Gasteiger partial charge in [0.05, 0.1) is 29.1 Å². The molecule has 2 atom stereocenters. The number of phenols is 1. The van der Waals surface area contributed by atoms with Gasteiger partial charge in [0.15, 0.2) is 0 Å². The number of nitrogens with zero attached hydrogens (tertiary/aromatic N) is 2. The van der Waals surface area contributed by atoms with Crippen LogP contribution in [0, 0.1) is 16.0 Å². The highest BCUT2D eigenvalue weighted by atomic mass is 32.2. The smallest absolute Gasteiger partial charge is 0.269 e. The Hall–Kier alpha value is -3.86. The second-order valence-electron chi connectivity index (χ2n) is 9.78. The summed E-state index contributed by atoms with van der Waals surface area (Å²) in [5.41, 5.74) is 1.37. The van der Waals surface area contributed by atoms with Gasteiger partial charge in [0.2, 0.25) is 0 Å².